The Morgan fingerprint density at radius 3 is 2.94 bits per heavy atom. The van der Waals surface area contributed by atoms with E-state index < -0.39 is 0 Å². The van der Waals surface area contributed by atoms with Crippen LogP contribution in [-0.2, 0) is 6.54 Å². The van der Waals surface area contributed by atoms with Gasteiger partial charge in [-0.1, -0.05) is 13.0 Å². The van der Waals surface area contributed by atoms with Gasteiger partial charge in [0.25, 0.3) is 0 Å². The van der Waals surface area contributed by atoms with Crippen LogP contribution in [-0.4, -0.2) is 35.6 Å². The van der Waals surface area contributed by atoms with Crippen molar-refractivity contribution in [1.29, 1.82) is 0 Å². The van der Waals surface area contributed by atoms with Crippen LogP contribution in [0.1, 0.15) is 31.0 Å². The Labute approximate surface area is 104 Å². The zero-order valence-corrected chi connectivity index (χ0v) is 10.9. The number of rotatable bonds is 5. The molecule has 1 unspecified atom stereocenters. The number of hydrogen-bond donors (Lipinski definition) is 1. The maximum absolute atomic E-state index is 4.38. The molecule has 0 saturated carbocycles. The number of hydrogen-bond acceptors (Lipinski definition) is 3. The van der Waals surface area contributed by atoms with E-state index in [-0.39, 0.29) is 0 Å². The summed E-state index contributed by atoms with van der Waals surface area (Å²) in [6, 6.07) is 5.01. The summed E-state index contributed by atoms with van der Waals surface area (Å²) >= 11 is 0. The van der Waals surface area contributed by atoms with Gasteiger partial charge in [-0.15, -0.1) is 0 Å². The van der Waals surface area contributed by atoms with Gasteiger partial charge in [-0.25, -0.2) is 0 Å². The maximum atomic E-state index is 4.38. The monoisotopic (exact) mass is 233 g/mol. The molecule has 0 radical (unpaired) electrons. The summed E-state index contributed by atoms with van der Waals surface area (Å²) in [5.74, 6) is 0. The molecule has 1 N–H and O–H groups in total. The van der Waals surface area contributed by atoms with Crippen LogP contribution >= 0.6 is 0 Å². The molecule has 0 spiro atoms. The SMILES string of the molecule is CCCN(Cc1ccc(C)nc1)C1CCNC1. The summed E-state index contributed by atoms with van der Waals surface area (Å²) in [7, 11) is 0. The van der Waals surface area contributed by atoms with Gasteiger partial charge >= 0.3 is 0 Å². The minimum atomic E-state index is 0.705. The first-order chi connectivity index (χ1) is 8.29. The molecule has 1 atom stereocenters. The van der Waals surface area contributed by atoms with Crippen molar-refractivity contribution in [2.75, 3.05) is 19.6 Å². The summed E-state index contributed by atoms with van der Waals surface area (Å²) in [5.41, 5.74) is 2.43. The van der Waals surface area contributed by atoms with Gasteiger partial charge in [0.1, 0.15) is 0 Å². The first kappa shape index (κ1) is 12.5. The fourth-order valence-electron chi connectivity index (χ4n) is 2.46. The van der Waals surface area contributed by atoms with E-state index in [0.29, 0.717) is 6.04 Å². The maximum Gasteiger partial charge on any atom is 0.0372 e. The standard InChI is InChI=1S/C14H23N3/c1-3-8-17(14-6-7-15-10-14)11-13-5-4-12(2)16-9-13/h4-5,9,14-15H,3,6-8,10-11H2,1-2H3. The fourth-order valence-corrected chi connectivity index (χ4v) is 2.46. The minimum Gasteiger partial charge on any atom is -0.315 e. The molecule has 17 heavy (non-hydrogen) atoms. The van der Waals surface area contributed by atoms with Crippen molar-refractivity contribution >= 4 is 0 Å². The first-order valence-electron chi connectivity index (χ1n) is 6.66. The predicted molar refractivity (Wildman–Crippen MR) is 70.9 cm³/mol. The fraction of sp³-hybridized carbons (Fsp3) is 0.643. The van der Waals surface area contributed by atoms with Crippen LogP contribution in [0.15, 0.2) is 18.3 Å². The van der Waals surface area contributed by atoms with E-state index in [1.54, 1.807) is 0 Å². The Morgan fingerprint density at radius 1 is 1.47 bits per heavy atom. The number of nitrogens with one attached hydrogen (secondary N) is 1. The summed E-state index contributed by atoms with van der Waals surface area (Å²) in [6.45, 7) is 8.81. The molecule has 3 heteroatoms. The third-order valence-corrected chi connectivity index (χ3v) is 3.42. The molecule has 1 aliphatic heterocycles. The molecule has 2 rings (SSSR count). The molecular formula is C14H23N3. The van der Waals surface area contributed by atoms with Gasteiger partial charge in [0.05, 0.1) is 0 Å². The molecule has 2 heterocycles. The Morgan fingerprint density at radius 2 is 2.35 bits per heavy atom. The van der Waals surface area contributed by atoms with Crippen LogP contribution in [0.3, 0.4) is 0 Å². The zero-order valence-electron chi connectivity index (χ0n) is 10.9. The predicted octanol–water partition coefficient (Wildman–Crippen LogP) is 1.96. The van der Waals surface area contributed by atoms with E-state index in [1.807, 2.05) is 13.1 Å². The summed E-state index contributed by atoms with van der Waals surface area (Å²) < 4.78 is 0. The van der Waals surface area contributed by atoms with Gasteiger partial charge in [0.15, 0.2) is 0 Å². The van der Waals surface area contributed by atoms with Crippen LogP contribution in [0.4, 0.5) is 0 Å². The largest absolute Gasteiger partial charge is 0.315 e. The third kappa shape index (κ3) is 3.51. The van der Waals surface area contributed by atoms with Crippen molar-refractivity contribution in [3.8, 4) is 0 Å². The Kier molecular flexibility index (Phi) is 4.51. The molecular weight excluding hydrogens is 210 g/mol. The van der Waals surface area contributed by atoms with E-state index >= 15 is 0 Å². The molecule has 0 bridgehead atoms. The van der Waals surface area contributed by atoms with Gasteiger partial charge in [0, 0.05) is 31.0 Å². The lowest BCUT2D eigenvalue weighted by molar-refractivity contribution is 0.199. The highest BCUT2D eigenvalue weighted by Gasteiger charge is 2.21. The summed E-state index contributed by atoms with van der Waals surface area (Å²) in [6.07, 6.45) is 4.51. The number of pyridine rings is 1. The van der Waals surface area contributed by atoms with E-state index in [4.69, 9.17) is 0 Å². The normalized spacial score (nSPS) is 20.1. The number of aromatic nitrogens is 1. The van der Waals surface area contributed by atoms with Crippen molar-refractivity contribution in [3.05, 3.63) is 29.6 Å². The third-order valence-electron chi connectivity index (χ3n) is 3.42. The molecule has 94 valence electrons. The van der Waals surface area contributed by atoms with E-state index in [1.165, 1.54) is 24.9 Å². The second-order valence-electron chi connectivity index (χ2n) is 4.92. The highest BCUT2D eigenvalue weighted by atomic mass is 15.2. The Hall–Kier alpha value is -0.930. The van der Waals surface area contributed by atoms with Crippen LogP contribution in [0.2, 0.25) is 0 Å². The Balaban J connectivity index is 1.98. The highest BCUT2D eigenvalue weighted by molar-refractivity contribution is 5.13. The van der Waals surface area contributed by atoms with Crippen LogP contribution < -0.4 is 5.32 Å². The average molecular weight is 233 g/mol. The first-order valence-corrected chi connectivity index (χ1v) is 6.66. The van der Waals surface area contributed by atoms with Crippen LogP contribution in [0, 0.1) is 6.92 Å². The second kappa shape index (κ2) is 6.12. The van der Waals surface area contributed by atoms with Crippen molar-refractivity contribution in [1.82, 2.24) is 15.2 Å². The van der Waals surface area contributed by atoms with Gasteiger partial charge in [-0.3, -0.25) is 9.88 Å². The summed E-state index contributed by atoms with van der Waals surface area (Å²) in [5, 5.41) is 3.45. The molecule has 1 aromatic heterocycles. The second-order valence-corrected chi connectivity index (χ2v) is 4.92. The van der Waals surface area contributed by atoms with E-state index in [0.717, 1.165) is 25.3 Å². The molecule has 1 aliphatic rings. The van der Waals surface area contributed by atoms with Gasteiger partial charge < -0.3 is 5.32 Å². The Bertz CT molecular complexity index is 328. The molecule has 0 aliphatic carbocycles. The van der Waals surface area contributed by atoms with Gasteiger partial charge in [-0.2, -0.15) is 0 Å². The summed E-state index contributed by atoms with van der Waals surface area (Å²) in [4.78, 5) is 6.97. The van der Waals surface area contributed by atoms with Crippen LogP contribution in [0.5, 0.6) is 0 Å². The molecule has 0 amide bonds. The molecule has 0 aromatic carbocycles. The lowest BCUT2D eigenvalue weighted by atomic mass is 10.1. The molecule has 3 nitrogen and oxygen atoms in total. The lowest BCUT2D eigenvalue weighted by Gasteiger charge is -2.27. The van der Waals surface area contributed by atoms with Crippen molar-refractivity contribution in [3.63, 3.8) is 0 Å². The quantitative estimate of drug-likeness (QED) is 0.842. The van der Waals surface area contributed by atoms with Crippen LogP contribution in [0.25, 0.3) is 0 Å². The zero-order chi connectivity index (χ0) is 12.1. The average Bonchev–Trinajstić information content (AvgIpc) is 2.85. The van der Waals surface area contributed by atoms with Crippen molar-refractivity contribution < 1.29 is 0 Å². The van der Waals surface area contributed by atoms with E-state index in [2.05, 4.69) is 34.3 Å². The van der Waals surface area contributed by atoms with Gasteiger partial charge in [-0.05, 0) is 44.5 Å². The lowest BCUT2D eigenvalue weighted by Crippen LogP contribution is -2.36. The topological polar surface area (TPSA) is 28.2 Å². The van der Waals surface area contributed by atoms with Gasteiger partial charge in [0.2, 0.25) is 0 Å². The number of nitrogens with zero attached hydrogens (tertiary/aromatic N) is 2. The van der Waals surface area contributed by atoms with E-state index in [9.17, 15) is 0 Å². The molecule has 1 fully saturated rings. The smallest absolute Gasteiger partial charge is 0.0372 e. The molecule has 1 aromatic rings. The highest BCUT2D eigenvalue weighted by Crippen LogP contribution is 2.13. The minimum absolute atomic E-state index is 0.705. The number of aryl methyl sites for hydroxylation is 1. The van der Waals surface area contributed by atoms with Crippen molar-refractivity contribution in [2.45, 2.75) is 39.3 Å². The van der Waals surface area contributed by atoms with Crippen molar-refractivity contribution in [2.24, 2.45) is 0 Å². The molecule has 1 saturated heterocycles.